The van der Waals surface area contributed by atoms with Gasteiger partial charge in [0.2, 0.25) is 0 Å². The topological polar surface area (TPSA) is 23.5 Å². The third-order valence-electron chi connectivity index (χ3n) is 3.41. The number of anilines is 1. The van der Waals surface area contributed by atoms with Gasteiger partial charge in [-0.15, -0.1) is 0 Å². The molecule has 1 aromatic rings. The van der Waals surface area contributed by atoms with Gasteiger partial charge in [0, 0.05) is 24.7 Å². The molecule has 17 heavy (non-hydrogen) atoms. The zero-order valence-electron chi connectivity index (χ0n) is 11.3. The summed E-state index contributed by atoms with van der Waals surface area (Å²) in [7, 11) is 0. The van der Waals surface area contributed by atoms with E-state index < -0.39 is 5.60 Å². The molecule has 0 saturated carbocycles. The molecular weight excluding hydrogens is 210 g/mol. The van der Waals surface area contributed by atoms with Gasteiger partial charge in [0.05, 0.1) is 5.60 Å². The van der Waals surface area contributed by atoms with Crippen molar-refractivity contribution >= 4 is 5.69 Å². The zero-order valence-corrected chi connectivity index (χ0v) is 11.3. The fourth-order valence-corrected chi connectivity index (χ4v) is 2.70. The molecule has 94 valence electrons. The van der Waals surface area contributed by atoms with E-state index in [2.05, 4.69) is 36.9 Å². The van der Waals surface area contributed by atoms with Crippen molar-refractivity contribution in [1.82, 2.24) is 0 Å². The Morgan fingerprint density at radius 1 is 1.35 bits per heavy atom. The lowest BCUT2D eigenvalue weighted by Gasteiger charge is -2.25. The first-order valence-electron chi connectivity index (χ1n) is 6.48. The van der Waals surface area contributed by atoms with Gasteiger partial charge < -0.3 is 10.0 Å². The molecule has 0 radical (unpaired) electrons. The van der Waals surface area contributed by atoms with Crippen LogP contribution >= 0.6 is 0 Å². The molecule has 1 aliphatic rings. The highest BCUT2D eigenvalue weighted by Crippen LogP contribution is 2.33. The van der Waals surface area contributed by atoms with Crippen LogP contribution in [0.15, 0.2) is 18.2 Å². The SMILES string of the molecule is CC(C)N1CCc2c(CC(C)(C)O)cccc21. The minimum atomic E-state index is -0.625. The summed E-state index contributed by atoms with van der Waals surface area (Å²) in [5.41, 5.74) is 3.48. The number of benzene rings is 1. The van der Waals surface area contributed by atoms with E-state index in [0.717, 1.165) is 19.4 Å². The van der Waals surface area contributed by atoms with Crippen molar-refractivity contribution in [3.05, 3.63) is 29.3 Å². The fraction of sp³-hybridized carbons (Fsp3) is 0.600. The van der Waals surface area contributed by atoms with Crippen LogP contribution in [0.1, 0.15) is 38.8 Å². The molecule has 1 N–H and O–H groups in total. The lowest BCUT2D eigenvalue weighted by molar-refractivity contribution is 0.0808. The average Bonchev–Trinajstić information content (AvgIpc) is 2.59. The molecule has 1 heterocycles. The van der Waals surface area contributed by atoms with E-state index in [1.54, 1.807) is 0 Å². The highest BCUT2D eigenvalue weighted by atomic mass is 16.3. The van der Waals surface area contributed by atoms with Gasteiger partial charge in [-0.05, 0) is 51.3 Å². The Labute approximate surface area is 104 Å². The van der Waals surface area contributed by atoms with Crippen LogP contribution in [-0.4, -0.2) is 23.3 Å². The van der Waals surface area contributed by atoms with E-state index >= 15 is 0 Å². The van der Waals surface area contributed by atoms with Gasteiger partial charge in [-0.25, -0.2) is 0 Å². The first-order valence-corrected chi connectivity index (χ1v) is 6.48. The van der Waals surface area contributed by atoms with Crippen molar-refractivity contribution in [3.63, 3.8) is 0 Å². The number of rotatable bonds is 3. The predicted molar refractivity (Wildman–Crippen MR) is 72.6 cm³/mol. The van der Waals surface area contributed by atoms with Crippen LogP contribution < -0.4 is 4.90 Å². The summed E-state index contributed by atoms with van der Waals surface area (Å²) in [6.45, 7) is 9.33. The van der Waals surface area contributed by atoms with E-state index in [1.165, 1.54) is 16.8 Å². The molecule has 0 atom stereocenters. The molecule has 0 fully saturated rings. The van der Waals surface area contributed by atoms with Gasteiger partial charge in [-0.1, -0.05) is 12.1 Å². The monoisotopic (exact) mass is 233 g/mol. The zero-order chi connectivity index (χ0) is 12.6. The van der Waals surface area contributed by atoms with E-state index in [0.29, 0.717) is 6.04 Å². The quantitative estimate of drug-likeness (QED) is 0.867. The van der Waals surface area contributed by atoms with Gasteiger partial charge >= 0.3 is 0 Å². The maximum absolute atomic E-state index is 9.96. The third-order valence-corrected chi connectivity index (χ3v) is 3.41. The van der Waals surface area contributed by atoms with Crippen LogP contribution in [0.25, 0.3) is 0 Å². The van der Waals surface area contributed by atoms with Gasteiger partial charge in [-0.3, -0.25) is 0 Å². The number of hydrogen-bond donors (Lipinski definition) is 1. The maximum atomic E-state index is 9.96. The molecule has 0 aliphatic carbocycles. The first-order chi connectivity index (χ1) is 7.88. The Kier molecular flexibility index (Phi) is 3.17. The lowest BCUT2D eigenvalue weighted by atomic mass is 9.93. The lowest BCUT2D eigenvalue weighted by Crippen LogP contribution is -2.28. The van der Waals surface area contributed by atoms with E-state index in [-0.39, 0.29) is 0 Å². The van der Waals surface area contributed by atoms with Crippen LogP contribution in [-0.2, 0) is 12.8 Å². The number of hydrogen-bond acceptors (Lipinski definition) is 2. The summed E-state index contributed by atoms with van der Waals surface area (Å²) in [4.78, 5) is 2.45. The first kappa shape index (κ1) is 12.4. The molecule has 0 saturated heterocycles. The van der Waals surface area contributed by atoms with Crippen molar-refractivity contribution in [1.29, 1.82) is 0 Å². The van der Waals surface area contributed by atoms with Gasteiger partial charge in [-0.2, -0.15) is 0 Å². The van der Waals surface area contributed by atoms with Crippen molar-refractivity contribution in [3.8, 4) is 0 Å². The average molecular weight is 233 g/mol. The largest absolute Gasteiger partial charge is 0.390 e. The Hall–Kier alpha value is -1.02. The smallest absolute Gasteiger partial charge is 0.0632 e. The van der Waals surface area contributed by atoms with E-state index in [9.17, 15) is 5.11 Å². The van der Waals surface area contributed by atoms with Crippen molar-refractivity contribution in [2.75, 3.05) is 11.4 Å². The second-order valence-electron chi connectivity index (χ2n) is 5.94. The van der Waals surface area contributed by atoms with Crippen LogP contribution in [0.2, 0.25) is 0 Å². The molecule has 0 unspecified atom stereocenters. The molecule has 0 amide bonds. The summed E-state index contributed by atoms with van der Waals surface area (Å²) >= 11 is 0. The van der Waals surface area contributed by atoms with Crippen molar-refractivity contribution in [2.24, 2.45) is 0 Å². The highest BCUT2D eigenvalue weighted by molar-refractivity contribution is 5.61. The molecule has 0 bridgehead atoms. The van der Waals surface area contributed by atoms with Crippen molar-refractivity contribution < 1.29 is 5.11 Å². The summed E-state index contributed by atoms with van der Waals surface area (Å²) in [6, 6.07) is 7.02. The minimum absolute atomic E-state index is 0.550. The molecule has 2 heteroatoms. The maximum Gasteiger partial charge on any atom is 0.0632 e. The second-order valence-corrected chi connectivity index (χ2v) is 5.94. The predicted octanol–water partition coefficient (Wildman–Crippen LogP) is 2.77. The Morgan fingerprint density at radius 2 is 2.06 bits per heavy atom. The number of aliphatic hydroxyl groups is 1. The molecule has 2 rings (SSSR count). The molecule has 1 aromatic carbocycles. The van der Waals surface area contributed by atoms with Gasteiger partial charge in [0.25, 0.3) is 0 Å². The van der Waals surface area contributed by atoms with Crippen LogP contribution in [0.3, 0.4) is 0 Å². The number of nitrogens with zero attached hydrogens (tertiary/aromatic N) is 1. The third kappa shape index (κ3) is 2.63. The number of fused-ring (bicyclic) bond motifs is 1. The van der Waals surface area contributed by atoms with Gasteiger partial charge in [0.15, 0.2) is 0 Å². The van der Waals surface area contributed by atoms with Crippen LogP contribution in [0.5, 0.6) is 0 Å². The summed E-state index contributed by atoms with van der Waals surface area (Å²) in [6.07, 6.45) is 1.85. The van der Waals surface area contributed by atoms with E-state index in [4.69, 9.17) is 0 Å². The summed E-state index contributed by atoms with van der Waals surface area (Å²) in [5, 5.41) is 9.96. The molecular formula is C15H23NO. The standard InChI is InChI=1S/C15H23NO/c1-11(2)16-9-8-13-12(10-15(3,4)17)6-5-7-14(13)16/h5-7,11,17H,8-10H2,1-4H3. The normalized spacial score (nSPS) is 15.5. The van der Waals surface area contributed by atoms with Crippen molar-refractivity contribution in [2.45, 2.75) is 52.2 Å². The van der Waals surface area contributed by atoms with Crippen LogP contribution in [0, 0.1) is 0 Å². The summed E-state index contributed by atoms with van der Waals surface area (Å²) in [5.74, 6) is 0. The Bertz CT molecular complexity index is 404. The van der Waals surface area contributed by atoms with E-state index in [1.807, 2.05) is 13.8 Å². The molecule has 1 aliphatic heterocycles. The summed E-state index contributed by atoms with van der Waals surface area (Å²) < 4.78 is 0. The van der Waals surface area contributed by atoms with Gasteiger partial charge in [0.1, 0.15) is 0 Å². The molecule has 0 spiro atoms. The molecule has 0 aromatic heterocycles. The fourth-order valence-electron chi connectivity index (χ4n) is 2.70. The Morgan fingerprint density at radius 3 is 2.65 bits per heavy atom. The second kappa shape index (κ2) is 4.34. The Balaban J connectivity index is 2.33. The van der Waals surface area contributed by atoms with Crippen LogP contribution in [0.4, 0.5) is 5.69 Å². The molecule has 2 nitrogen and oxygen atoms in total. The highest BCUT2D eigenvalue weighted by Gasteiger charge is 2.25. The minimum Gasteiger partial charge on any atom is -0.390 e.